The van der Waals surface area contributed by atoms with Gasteiger partial charge in [-0.05, 0) is 34.1 Å². The van der Waals surface area contributed by atoms with Gasteiger partial charge in [0.05, 0.1) is 28.5 Å². The highest BCUT2D eigenvalue weighted by Gasteiger charge is 2.04. The van der Waals surface area contributed by atoms with Gasteiger partial charge in [-0.25, -0.2) is 4.68 Å². The summed E-state index contributed by atoms with van der Waals surface area (Å²) in [6, 6.07) is 5.56. The highest BCUT2D eigenvalue weighted by Crippen LogP contribution is 2.24. The van der Waals surface area contributed by atoms with Crippen LogP contribution >= 0.6 is 39.1 Å². The monoisotopic (exact) mass is 305 g/mol. The highest BCUT2D eigenvalue weighted by molar-refractivity contribution is 9.10. The third kappa shape index (κ3) is 2.33. The molecule has 0 fully saturated rings. The van der Waals surface area contributed by atoms with Crippen molar-refractivity contribution in [1.82, 2.24) is 15.0 Å². The number of benzene rings is 1. The smallest absolute Gasteiger partial charge is 0.0979 e. The van der Waals surface area contributed by atoms with Crippen molar-refractivity contribution in [2.75, 3.05) is 0 Å². The number of nitrogens with zero attached hydrogens (tertiary/aromatic N) is 3. The number of hydrogen-bond donors (Lipinski definition) is 0. The third-order valence-corrected chi connectivity index (χ3v) is 3.35. The van der Waals surface area contributed by atoms with E-state index in [1.165, 1.54) is 0 Å². The van der Waals surface area contributed by atoms with Crippen LogP contribution < -0.4 is 0 Å². The normalized spacial score (nSPS) is 10.6. The molecular weight excluding hydrogens is 301 g/mol. The standard InChI is InChI=1S/C9H6BrCl2N3/c10-8-2-1-7(3-9(8)12)15-5-6(4-11)13-14-15/h1-3,5H,4H2. The Labute approximate surface area is 105 Å². The molecule has 0 unspecified atom stereocenters. The van der Waals surface area contributed by atoms with E-state index in [0.29, 0.717) is 10.9 Å². The van der Waals surface area contributed by atoms with Gasteiger partial charge in [-0.15, -0.1) is 16.7 Å². The Morgan fingerprint density at radius 1 is 1.40 bits per heavy atom. The van der Waals surface area contributed by atoms with Gasteiger partial charge in [0.2, 0.25) is 0 Å². The quantitative estimate of drug-likeness (QED) is 0.796. The summed E-state index contributed by atoms with van der Waals surface area (Å²) in [7, 11) is 0. The molecule has 0 spiro atoms. The molecular formula is C9H6BrCl2N3. The van der Waals surface area contributed by atoms with E-state index in [0.717, 1.165) is 15.9 Å². The van der Waals surface area contributed by atoms with Gasteiger partial charge in [-0.1, -0.05) is 16.8 Å². The van der Waals surface area contributed by atoms with Crippen molar-refractivity contribution in [2.24, 2.45) is 0 Å². The molecule has 0 aliphatic heterocycles. The second-order valence-corrected chi connectivity index (χ2v) is 4.42. The van der Waals surface area contributed by atoms with Gasteiger partial charge in [0, 0.05) is 4.47 Å². The molecule has 0 bridgehead atoms. The SMILES string of the molecule is ClCc1cn(-c2ccc(Br)c(Cl)c2)nn1. The van der Waals surface area contributed by atoms with E-state index >= 15 is 0 Å². The first-order valence-electron chi connectivity index (χ1n) is 4.13. The van der Waals surface area contributed by atoms with Crippen LogP contribution in [0.4, 0.5) is 0 Å². The molecule has 1 aromatic heterocycles. The van der Waals surface area contributed by atoms with Gasteiger partial charge in [0.1, 0.15) is 0 Å². The number of rotatable bonds is 2. The molecule has 0 atom stereocenters. The van der Waals surface area contributed by atoms with E-state index in [1.807, 2.05) is 12.1 Å². The molecule has 0 saturated carbocycles. The predicted molar refractivity (Wildman–Crippen MR) is 63.6 cm³/mol. The second-order valence-electron chi connectivity index (χ2n) is 2.89. The zero-order valence-corrected chi connectivity index (χ0v) is 10.6. The van der Waals surface area contributed by atoms with E-state index in [2.05, 4.69) is 26.2 Å². The largest absolute Gasteiger partial charge is 0.220 e. The Morgan fingerprint density at radius 3 is 2.80 bits per heavy atom. The fourth-order valence-corrected chi connectivity index (χ4v) is 1.66. The Kier molecular flexibility index (Phi) is 3.29. The van der Waals surface area contributed by atoms with Crippen molar-refractivity contribution in [3.63, 3.8) is 0 Å². The Morgan fingerprint density at radius 2 is 2.20 bits per heavy atom. The van der Waals surface area contributed by atoms with E-state index in [1.54, 1.807) is 16.9 Å². The zero-order chi connectivity index (χ0) is 10.8. The molecule has 0 aliphatic carbocycles. The van der Waals surface area contributed by atoms with Crippen LogP contribution in [0.2, 0.25) is 5.02 Å². The lowest BCUT2D eigenvalue weighted by Gasteiger charge is -2.01. The van der Waals surface area contributed by atoms with Crippen LogP contribution in [0.3, 0.4) is 0 Å². The molecule has 0 saturated heterocycles. The molecule has 1 heterocycles. The summed E-state index contributed by atoms with van der Waals surface area (Å²) in [6.07, 6.45) is 1.77. The maximum Gasteiger partial charge on any atom is 0.0979 e. The highest BCUT2D eigenvalue weighted by atomic mass is 79.9. The van der Waals surface area contributed by atoms with Gasteiger partial charge >= 0.3 is 0 Å². The maximum atomic E-state index is 5.97. The van der Waals surface area contributed by atoms with E-state index in [-0.39, 0.29) is 0 Å². The summed E-state index contributed by atoms with van der Waals surface area (Å²) in [5.41, 5.74) is 1.59. The molecule has 2 rings (SSSR count). The summed E-state index contributed by atoms with van der Waals surface area (Å²) in [5, 5.41) is 8.46. The minimum absolute atomic E-state index is 0.351. The first-order valence-corrected chi connectivity index (χ1v) is 5.84. The second kappa shape index (κ2) is 4.51. The predicted octanol–water partition coefficient (Wildman–Crippen LogP) is 3.42. The molecule has 2 aromatic rings. The lowest BCUT2D eigenvalue weighted by molar-refractivity contribution is 0.800. The van der Waals surface area contributed by atoms with Crippen molar-refractivity contribution in [1.29, 1.82) is 0 Å². The summed E-state index contributed by atoms with van der Waals surface area (Å²) in [4.78, 5) is 0. The van der Waals surface area contributed by atoms with Crippen molar-refractivity contribution in [3.8, 4) is 5.69 Å². The molecule has 1 aromatic carbocycles. The summed E-state index contributed by atoms with van der Waals surface area (Å²) < 4.78 is 2.49. The Hall–Kier alpha value is -0.580. The average Bonchev–Trinajstić information content (AvgIpc) is 2.70. The maximum absolute atomic E-state index is 5.97. The van der Waals surface area contributed by atoms with E-state index < -0.39 is 0 Å². The lowest BCUT2D eigenvalue weighted by atomic mass is 10.3. The number of aromatic nitrogens is 3. The molecule has 78 valence electrons. The summed E-state index contributed by atoms with van der Waals surface area (Å²) in [6.45, 7) is 0. The Bertz CT molecular complexity index is 484. The fraction of sp³-hybridized carbons (Fsp3) is 0.111. The zero-order valence-electron chi connectivity index (χ0n) is 7.49. The molecule has 6 heteroatoms. The van der Waals surface area contributed by atoms with Crippen molar-refractivity contribution >= 4 is 39.1 Å². The topological polar surface area (TPSA) is 30.7 Å². The molecule has 0 N–H and O–H groups in total. The van der Waals surface area contributed by atoms with E-state index in [9.17, 15) is 0 Å². The van der Waals surface area contributed by atoms with Gasteiger partial charge < -0.3 is 0 Å². The van der Waals surface area contributed by atoms with Crippen LogP contribution in [0.15, 0.2) is 28.9 Å². The van der Waals surface area contributed by atoms with Crippen molar-refractivity contribution in [2.45, 2.75) is 5.88 Å². The minimum atomic E-state index is 0.351. The lowest BCUT2D eigenvalue weighted by Crippen LogP contribution is -1.94. The summed E-state index contributed by atoms with van der Waals surface area (Å²) in [5.74, 6) is 0.351. The minimum Gasteiger partial charge on any atom is -0.220 e. The third-order valence-electron chi connectivity index (χ3n) is 1.85. The fourth-order valence-electron chi connectivity index (χ4n) is 1.11. The molecule has 3 nitrogen and oxygen atoms in total. The molecule has 0 amide bonds. The van der Waals surface area contributed by atoms with Crippen molar-refractivity contribution in [3.05, 3.63) is 39.6 Å². The van der Waals surface area contributed by atoms with Gasteiger partial charge in [-0.2, -0.15) is 0 Å². The first-order chi connectivity index (χ1) is 7.20. The number of halogens is 3. The first kappa shape index (κ1) is 10.9. The van der Waals surface area contributed by atoms with Crippen molar-refractivity contribution < 1.29 is 0 Å². The van der Waals surface area contributed by atoms with E-state index in [4.69, 9.17) is 23.2 Å². The van der Waals surface area contributed by atoms with Crippen LogP contribution in [0.1, 0.15) is 5.69 Å². The summed E-state index contributed by atoms with van der Waals surface area (Å²) >= 11 is 14.9. The van der Waals surface area contributed by atoms with Crippen LogP contribution in [-0.4, -0.2) is 15.0 Å². The molecule has 0 radical (unpaired) electrons. The molecule has 15 heavy (non-hydrogen) atoms. The average molecular weight is 307 g/mol. The van der Waals surface area contributed by atoms with Crippen LogP contribution in [-0.2, 0) is 5.88 Å². The van der Waals surface area contributed by atoms with Crippen LogP contribution in [0, 0.1) is 0 Å². The van der Waals surface area contributed by atoms with Crippen LogP contribution in [0.5, 0.6) is 0 Å². The Balaban J connectivity index is 2.40. The van der Waals surface area contributed by atoms with Gasteiger partial charge in [0.15, 0.2) is 0 Å². The van der Waals surface area contributed by atoms with Crippen LogP contribution in [0.25, 0.3) is 5.69 Å². The number of alkyl halides is 1. The van der Waals surface area contributed by atoms with Gasteiger partial charge in [0.25, 0.3) is 0 Å². The van der Waals surface area contributed by atoms with Gasteiger partial charge in [-0.3, -0.25) is 0 Å². The number of hydrogen-bond acceptors (Lipinski definition) is 2. The molecule has 0 aliphatic rings.